The van der Waals surface area contributed by atoms with Gasteiger partial charge >= 0.3 is 0 Å². The van der Waals surface area contributed by atoms with Crippen LogP contribution >= 0.6 is 0 Å². The highest BCUT2D eigenvalue weighted by Gasteiger charge is 2.29. The zero-order valence-corrected chi connectivity index (χ0v) is 20.8. The molecule has 0 aliphatic rings. The summed E-state index contributed by atoms with van der Waals surface area (Å²) in [5.74, 6) is -1.47. The third-order valence-corrected chi connectivity index (χ3v) is 7.22. The first-order chi connectivity index (χ1) is 16.8. The quantitative estimate of drug-likeness (QED) is 0.335. The number of benzene rings is 3. The minimum Gasteiger partial charge on any atom is -0.372 e. The number of hydrogen-bond donors (Lipinski definition) is 1. The second kappa shape index (κ2) is 11.6. The Labute approximate surface area is 205 Å². The lowest BCUT2D eigenvalue weighted by atomic mass is 10.2. The Morgan fingerprint density at radius 3 is 2.20 bits per heavy atom. The molecule has 0 heterocycles. The highest BCUT2D eigenvalue weighted by atomic mass is 32.2. The summed E-state index contributed by atoms with van der Waals surface area (Å²) in [5.41, 5.74) is 4.83. The lowest BCUT2D eigenvalue weighted by molar-refractivity contribution is -0.119. The Morgan fingerprint density at radius 1 is 0.971 bits per heavy atom. The highest BCUT2D eigenvalue weighted by Crippen LogP contribution is 2.26. The average Bonchev–Trinajstić information content (AvgIpc) is 2.85. The molecule has 0 unspecified atom stereocenters. The number of nitrogens with zero attached hydrogens (tertiary/aromatic N) is 3. The van der Waals surface area contributed by atoms with E-state index >= 15 is 0 Å². The number of amides is 1. The average molecular weight is 497 g/mol. The van der Waals surface area contributed by atoms with Gasteiger partial charge in [-0.15, -0.1) is 0 Å². The number of hydrogen-bond acceptors (Lipinski definition) is 5. The predicted molar refractivity (Wildman–Crippen MR) is 138 cm³/mol. The number of anilines is 2. The van der Waals surface area contributed by atoms with Crippen LogP contribution in [0.5, 0.6) is 0 Å². The minimum absolute atomic E-state index is 0.0454. The lowest BCUT2D eigenvalue weighted by Crippen LogP contribution is -2.40. The minimum atomic E-state index is -4.21. The fraction of sp³-hybridized carbons (Fsp3) is 0.231. The van der Waals surface area contributed by atoms with Crippen LogP contribution in [0.25, 0.3) is 0 Å². The smallest absolute Gasteiger partial charge is 0.264 e. The first-order valence-corrected chi connectivity index (χ1v) is 12.7. The van der Waals surface area contributed by atoms with E-state index in [1.807, 2.05) is 31.2 Å². The van der Waals surface area contributed by atoms with E-state index in [0.29, 0.717) is 0 Å². The van der Waals surface area contributed by atoms with Crippen LogP contribution in [0, 0.1) is 12.7 Å². The molecule has 1 N–H and O–H groups in total. The van der Waals surface area contributed by atoms with Crippen LogP contribution in [-0.4, -0.2) is 40.2 Å². The molecule has 0 saturated heterocycles. The van der Waals surface area contributed by atoms with Crippen LogP contribution < -0.4 is 14.6 Å². The summed E-state index contributed by atoms with van der Waals surface area (Å²) >= 11 is 0. The molecular weight excluding hydrogens is 467 g/mol. The molecule has 7 nitrogen and oxygen atoms in total. The van der Waals surface area contributed by atoms with Crippen LogP contribution in [0.3, 0.4) is 0 Å². The summed E-state index contributed by atoms with van der Waals surface area (Å²) in [6, 6.07) is 19.2. The maximum atomic E-state index is 14.5. The van der Waals surface area contributed by atoms with Gasteiger partial charge in [0.15, 0.2) is 0 Å². The number of rotatable bonds is 10. The van der Waals surface area contributed by atoms with Crippen molar-refractivity contribution in [1.82, 2.24) is 5.43 Å². The Bertz CT molecular complexity index is 1270. The van der Waals surface area contributed by atoms with Gasteiger partial charge in [-0.3, -0.25) is 9.10 Å². The number of aryl methyl sites for hydroxylation is 1. The van der Waals surface area contributed by atoms with Gasteiger partial charge in [0.05, 0.1) is 16.8 Å². The zero-order chi connectivity index (χ0) is 25.4. The van der Waals surface area contributed by atoms with Crippen LogP contribution in [0.15, 0.2) is 82.8 Å². The maximum Gasteiger partial charge on any atom is 0.264 e. The summed E-state index contributed by atoms with van der Waals surface area (Å²) in [6.45, 7) is 7.13. The largest absolute Gasteiger partial charge is 0.372 e. The van der Waals surface area contributed by atoms with E-state index < -0.39 is 28.3 Å². The zero-order valence-electron chi connectivity index (χ0n) is 20.0. The van der Waals surface area contributed by atoms with Crippen molar-refractivity contribution in [3.05, 3.63) is 89.7 Å². The fourth-order valence-corrected chi connectivity index (χ4v) is 4.92. The van der Waals surface area contributed by atoms with Crippen molar-refractivity contribution in [2.45, 2.75) is 25.7 Å². The fourth-order valence-electron chi connectivity index (χ4n) is 3.50. The van der Waals surface area contributed by atoms with Gasteiger partial charge < -0.3 is 4.90 Å². The second-order valence-electron chi connectivity index (χ2n) is 7.83. The molecule has 0 atom stereocenters. The van der Waals surface area contributed by atoms with Crippen LogP contribution in [0.4, 0.5) is 15.8 Å². The predicted octanol–water partition coefficient (Wildman–Crippen LogP) is 4.33. The topological polar surface area (TPSA) is 82.1 Å². The third kappa shape index (κ3) is 6.45. The normalized spacial score (nSPS) is 11.4. The monoisotopic (exact) mass is 496 g/mol. The molecule has 0 aliphatic heterocycles. The molecule has 1 amide bonds. The van der Waals surface area contributed by atoms with Gasteiger partial charge in [0.1, 0.15) is 12.4 Å². The number of hydrazone groups is 1. The molecule has 0 bridgehead atoms. The van der Waals surface area contributed by atoms with E-state index in [1.54, 1.807) is 12.1 Å². The van der Waals surface area contributed by atoms with E-state index in [-0.39, 0.29) is 10.6 Å². The number of sulfonamides is 1. The number of para-hydroxylation sites is 1. The molecule has 0 spiro atoms. The van der Waals surface area contributed by atoms with Gasteiger partial charge in [0.25, 0.3) is 15.9 Å². The van der Waals surface area contributed by atoms with Crippen molar-refractivity contribution >= 4 is 33.5 Å². The van der Waals surface area contributed by atoms with E-state index in [9.17, 15) is 17.6 Å². The number of carbonyl (C=O) groups excluding carboxylic acids is 1. The van der Waals surface area contributed by atoms with E-state index in [4.69, 9.17) is 0 Å². The Hall–Kier alpha value is -3.72. The van der Waals surface area contributed by atoms with Crippen molar-refractivity contribution in [3.8, 4) is 0 Å². The van der Waals surface area contributed by atoms with Crippen LogP contribution in [-0.2, 0) is 14.8 Å². The van der Waals surface area contributed by atoms with Gasteiger partial charge in [0, 0.05) is 18.8 Å². The van der Waals surface area contributed by atoms with Crippen molar-refractivity contribution in [3.63, 3.8) is 0 Å². The number of halogens is 1. The van der Waals surface area contributed by atoms with Gasteiger partial charge in [0.2, 0.25) is 0 Å². The SMILES string of the molecule is CCN(CC)c1ccc(C=NNC(=O)CN(c2ccccc2F)S(=O)(=O)c2ccc(C)cc2)cc1. The first kappa shape index (κ1) is 25.9. The molecule has 3 aromatic carbocycles. The Kier molecular flexibility index (Phi) is 8.59. The third-order valence-electron chi connectivity index (χ3n) is 5.44. The summed E-state index contributed by atoms with van der Waals surface area (Å²) in [7, 11) is -4.21. The lowest BCUT2D eigenvalue weighted by Gasteiger charge is -2.24. The highest BCUT2D eigenvalue weighted by molar-refractivity contribution is 7.92. The molecule has 9 heteroatoms. The van der Waals surface area contributed by atoms with Crippen LogP contribution in [0.1, 0.15) is 25.0 Å². The van der Waals surface area contributed by atoms with E-state index in [0.717, 1.165) is 40.3 Å². The molecule has 0 saturated carbocycles. The summed E-state index contributed by atoms with van der Waals surface area (Å²) in [5, 5.41) is 3.94. The molecule has 3 aromatic rings. The number of carbonyl (C=O) groups is 1. The molecule has 35 heavy (non-hydrogen) atoms. The molecule has 184 valence electrons. The molecular formula is C26H29FN4O3S. The Morgan fingerprint density at radius 2 is 1.60 bits per heavy atom. The van der Waals surface area contributed by atoms with Gasteiger partial charge in [-0.2, -0.15) is 5.10 Å². The molecule has 0 aromatic heterocycles. The molecule has 0 fully saturated rings. The molecule has 0 radical (unpaired) electrons. The van der Waals surface area contributed by atoms with E-state index in [2.05, 4.69) is 29.3 Å². The first-order valence-electron chi connectivity index (χ1n) is 11.3. The van der Waals surface area contributed by atoms with Gasteiger partial charge in [-0.1, -0.05) is 42.0 Å². The molecule has 0 aliphatic carbocycles. The summed E-state index contributed by atoms with van der Waals surface area (Å²) in [6.07, 6.45) is 1.46. The summed E-state index contributed by atoms with van der Waals surface area (Å²) in [4.78, 5) is 14.8. The van der Waals surface area contributed by atoms with E-state index in [1.165, 1.54) is 36.5 Å². The number of nitrogens with one attached hydrogen (secondary N) is 1. The van der Waals surface area contributed by atoms with Gasteiger partial charge in [-0.25, -0.2) is 18.2 Å². The molecule has 3 rings (SSSR count). The van der Waals surface area contributed by atoms with Crippen molar-refractivity contribution in [1.29, 1.82) is 0 Å². The van der Waals surface area contributed by atoms with Crippen molar-refractivity contribution < 1.29 is 17.6 Å². The van der Waals surface area contributed by atoms with Crippen LogP contribution in [0.2, 0.25) is 0 Å². The standard InChI is InChI=1S/C26H29FN4O3S/c1-4-30(5-2)22-14-12-21(13-15-22)18-28-29-26(32)19-31(25-9-7-6-8-24(25)27)35(33,34)23-16-10-20(3)11-17-23/h6-18H,4-5,19H2,1-3H3,(H,29,32). The second-order valence-corrected chi connectivity index (χ2v) is 9.70. The maximum absolute atomic E-state index is 14.5. The van der Waals surface area contributed by atoms with Crippen molar-refractivity contribution in [2.75, 3.05) is 28.8 Å². The summed E-state index contributed by atoms with van der Waals surface area (Å²) < 4.78 is 41.9. The Balaban J connectivity index is 1.77. The van der Waals surface area contributed by atoms with Crippen molar-refractivity contribution in [2.24, 2.45) is 5.10 Å². The van der Waals surface area contributed by atoms with Gasteiger partial charge in [-0.05, 0) is 62.7 Å².